The molecule has 1 aromatic rings. The molecule has 2 rings (SSSR count). The van der Waals surface area contributed by atoms with Gasteiger partial charge in [-0.2, -0.15) is 0 Å². The Balaban J connectivity index is 1.80. The molecule has 110 valence electrons. The average Bonchev–Trinajstić information content (AvgIpc) is 2.46. The third-order valence-electron chi connectivity index (χ3n) is 3.70. The lowest BCUT2D eigenvalue weighted by Crippen LogP contribution is -2.26. The van der Waals surface area contributed by atoms with Crippen LogP contribution in [0.15, 0.2) is 22.7 Å². The van der Waals surface area contributed by atoms with Crippen LogP contribution in [0.3, 0.4) is 0 Å². The van der Waals surface area contributed by atoms with Gasteiger partial charge >= 0.3 is 5.97 Å². The van der Waals surface area contributed by atoms with E-state index in [4.69, 9.17) is 21.1 Å². The quantitative estimate of drug-likeness (QED) is 0.748. The summed E-state index contributed by atoms with van der Waals surface area (Å²) >= 11 is 9.54. The maximum atomic E-state index is 11.4. The molecule has 1 aromatic carbocycles. The number of ether oxygens (including phenoxy) is 2. The molecule has 0 saturated heterocycles. The Morgan fingerprint density at radius 3 is 2.65 bits per heavy atom. The van der Waals surface area contributed by atoms with Crippen LogP contribution in [0.1, 0.15) is 31.2 Å². The van der Waals surface area contributed by atoms with Crippen molar-refractivity contribution >= 4 is 33.5 Å². The zero-order valence-electron chi connectivity index (χ0n) is 11.4. The monoisotopic (exact) mass is 360 g/mol. The van der Waals surface area contributed by atoms with Gasteiger partial charge < -0.3 is 9.47 Å². The summed E-state index contributed by atoms with van der Waals surface area (Å²) in [5.41, 5.74) is 0.991. The average molecular weight is 362 g/mol. The van der Waals surface area contributed by atoms with Crippen molar-refractivity contribution in [1.29, 1.82) is 0 Å². The number of rotatable bonds is 4. The van der Waals surface area contributed by atoms with E-state index < -0.39 is 0 Å². The molecule has 0 aromatic heterocycles. The highest BCUT2D eigenvalue weighted by molar-refractivity contribution is 9.10. The molecule has 0 bridgehead atoms. The van der Waals surface area contributed by atoms with E-state index in [0.29, 0.717) is 11.6 Å². The zero-order chi connectivity index (χ0) is 14.5. The molecule has 20 heavy (non-hydrogen) atoms. The standard InChI is InChI=1S/C15H18BrClO3/c1-19-15(18)10-3-6-13(7-4-10)20-9-11-2-5-12(16)8-14(11)17/h2,5,8,10,13H,3-4,6-7,9H2,1H3. The summed E-state index contributed by atoms with van der Waals surface area (Å²) in [6.45, 7) is 0.514. The summed E-state index contributed by atoms with van der Waals surface area (Å²) in [6.07, 6.45) is 3.68. The second-order valence-electron chi connectivity index (χ2n) is 5.04. The van der Waals surface area contributed by atoms with Crippen LogP contribution >= 0.6 is 27.5 Å². The highest BCUT2D eigenvalue weighted by atomic mass is 79.9. The normalized spacial score (nSPS) is 22.6. The Morgan fingerprint density at radius 1 is 1.35 bits per heavy atom. The topological polar surface area (TPSA) is 35.5 Å². The SMILES string of the molecule is COC(=O)C1CCC(OCc2ccc(Br)cc2Cl)CC1. The molecule has 1 aliphatic carbocycles. The fraction of sp³-hybridized carbons (Fsp3) is 0.533. The van der Waals surface area contributed by atoms with E-state index in [0.717, 1.165) is 35.7 Å². The molecule has 1 saturated carbocycles. The summed E-state index contributed by atoms with van der Waals surface area (Å²) in [5, 5.41) is 0.711. The molecule has 0 radical (unpaired) electrons. The molecule has 0 atom stereocenters. The Kier molecular flexibility index (Phi) is 5.87. The lowest BCUT2D eigenvalue weighted by molar-refractivity contribution is -0.147. The molecule has 0 spiro atoms. The van der Waals surface area contributed by atoms with Crippen molar-refractivity contribution in [3.63, 3.8) is 0 Å². The third kappa shape index (κ3) is 4.21. The first-order chi connectivity index (χ1) is 9.60. The lowest BCUT2D eigenvalue weighted by atomic mass is 9.87. The van der Waals surface area contributed by atoms with Gasteiger partial charge in [0.05, 0.1) is 25.7 Å². The number of halogens is 2. The van der Waals surface area contributed by atoms with Gasteiger partial charge in [0.15, 0.2) is 0 Å². The summed E-state index contributed by atoms with van der Waals surface area (Å²) in [5.74, 6) is -0.0597. The zero-order valence-corrected chi connectivity index (χ0v) is 13.7. The molecular weight excluding hydrogens is 344 g/mol. The van der Waals surface area contributed by atoms with Crippen LogP contribution in [-0.4, -0.2) is 19.2 Å². The predicted molar refractivity (Wildman–Crippen MR) is 81.7 cm³/mol. The number of carbonyl (C=O) groups is 1. The Bertz CT molecular complexity index is 470. The van der Waals surface area contributed by atoms with Crippen molar-refractivity contribution in [2.24, 2.45) is 5.92 Å². The van der Waals surface area contributed by atoms with E-state index in [-0.39, 0.29) is 18.0 Å². The van der Waals surface area contributed by atoms with Gasteiger partial charge in [-0.25, -0.2) is 0 Å². The van der Waals surface area contributed by atoms with Crippen LogP contribution in [0, 0.1) is 5.92 Å². The summed E-state index contributed by atoms with van der Waals surface area (Å²) < 4.78 is 11.6. The maximum Gasteiger partial charge on any atom is 0.308 e. The molecule has 3 nitrogen and oxygen atoms in total. The number of methoxy groups -OCH3 is 1. The Labute approximate surface area is 132 Å². The van der Waals surface area contributed by atoms with Gasteiger partial charge in [0, 0.05) is 9.50 Å². The van der Waals surface area contributed by atoms with Crippen LogP contribution in [-0.2, 0) is 20.9 Å². The summed E-state index contributed by atoms with van der Waals surface area (Å²) in [7, 11) is 1.44. The van der Waals surface area contributed by atoms with Gasteiger partial charge in [-0.3, -0.25) is 4.79 Å². The van der Waals surface area contributed by atoms with E-state index in [1.165, 1.54) is 7.11 Å². The van der Waals surface area contributed by atoms with Gasteiger partial charge in [0.1, 0.15) is 0 Å². The predicted octanol–water partition coefficient (Wildman–Crippen LogP) is 4.35. The number of hydrogen-bond acceptors (Lipinski definition) is 3. The van der Waals surface area contributed by atoms with Gasteiger partial charge in [-0.1, -0.05) is 33.6 Å². The molecular formula is C15H18BrClO3. The third-order valence-corrected chi connectivity index (χ3v) is 4.54. The Hall–Kier alpha value is -0.580. The fourth-order valence-corrected chi connectivity index (χ4v) is 3.21. The van der Waals surface area contributed by atoms with Crippen molar-refractivity contribution in [3.8, 4) is 0 Å². The minimum absolute atomic E-state index is 0.0381. The number of hydrogen-bond donors (Lipinski definition) is 0. The van der Waals surface area contributed by atoms with Crippen LogP contribution in [0.5, 0.6) is 0 Å². The second kappa shape index (κ2) is 7.43. The number of carbonyl (C=O) groups excluding carboxylic acids is 1. The fourth-order valence-electron chi connectivity index (χ4n) is 2.48. The van der Waals surface area contributed by atoms with Crippen molar-refractivity contribution < 1.29 is 14.3 Å². The Morgan fingerprint density at radius 2 is 2.05 bits per heavy atom. The highest BCUT2D eigenvalue weighted by Crippen LogP contribution is 2.29. The van der Waals surface area contributed by atoms with Gasteiger partial charge in [-0.05, 0) is 43.4 Å². The molecule has 0 unspecified atom stereocenters. The first-order valence-corrected chi connectivity index (χ1v) is 7.90. The van der Waals surface area contributed by atoms with Crippen LogP contribution in [0.2, 0.25) is 5.02 Å². The first-order valence-electron chi connectivity index (χ1n) is 6.73. The molecule has 1 fully saturated rings. The molecule has 5 heteroatoms. The van der Waals surface area contributed by atoms with Crippen molar-refractivity contribution in [3.05, 3.63) is 33.3 Å². The van der Waals surface area contributed by atoms with E-state index in [9.17, 15) is 4.79 Å². The highest BCUT2D eigenvalue weighted by Gasteiger charge is 2.27. The van der Waals surface area contributed by atoms with Gasteiger partial charge in [0.25, 0.3) is 0 Å². The van der Waals surface area contributed by atoms with Crippen molar-refractivity contribution in [2.45, 2.75) is 38.4 Å². The largest absolute Gasteiger partial charge is 0.469 e. The van der Waals surface area contributed by atoms with E-state index in [1.54, 1.807) is 0 Å². The summed E-state index contributed by atoms with van der Waals surface area (Å²) in [4.78, 5) is 11.4. The molecule has 0 heterocycles. The van der Waals surface area contributed by atoms with E-state index in [1.807, 2.05) is 18.2 Å². The number of benzene rings is 1. The van der Waals surface area contributed by atoms with Crippen molar-refractivity contribution in [1.82, 2.24) is 0 Å². The minimum Gasteiger partial charge on any atom is -0.469 e. The van der Waals surface area contributed by atoms with Crippen LogP contribution in [0.4, 0.5) is 0 Å². The summed E-state index contributed by atoms with van der Waals surface area (Å²) in [6, 6.07) is 5.79. The molecule has 0 amide bonds. The van der Waals surface area contributed by atoms with Crippen LogP contribution in [0.25, 0.3) is 0 Å². The van der Waals surface area contributed by atoms with E-state index in [2.05, 4.69) is 15.9 Å². The number of esters is 1. The second-order valence-corrected chi connectivity index (χ2v) is 6.37. The smallest absolute Gasteiger partial charge is 0.308 e. The molecule has 1 aliphatic rings. The lowest BCUT2D eigenvalue weighted by Gasteiger charge is -2.27. The first kappa shape index (κ1) is 15.8. The minimum atomic E-state index is -0.0978. The maximum absolute atomic E-state index is 11.4. The van der Waals surface area contributed by atoms with Crippen LogP contribution < -0.4 is 0 Å². The molecule has 0 aliphatic heterocycles. The van der Waals surface area contributed by atoms with Gasteiger partial charge in [0.2, 0.25) is 0 Å². The van der Waals surface area contributed by atoms with E-state index >= 15 is 0 Å². The van der Waals surface area contributed by atoms with Crippen molar-refractivity contribution in [2.75, 3.05) is 7.11 Å². The molecule has 0 N–H and O–H groups in total. The van der Waals surface area contributed by atoms with Gasteiger partial charge in [-0.15, -0.1) is 0 Å².